The largest absolute Gasteiger partial charge is 0.274 e. The molecule has 0 fully saturated rings. The van der Waals surface area contributed by atoms with E-state index in [2.05, 4.69) is 9.71 Å². The Kier molecular flexibility index (Phi) is 7.55. The van der Waals surface area contributed by atoms with Crippen molar-refractivity contribution in [3.8, 4) is 0 Å². The molecule has 3 aromatic rings. The first-order valence-electron chi connectivity index (χ1n) is 9.23. The van der Waals surface area contributed by atoms with E-state index in [9.17, 15) is 8.42 Å². The molecule has 5 nitrogen and oxygen atoms in total. The number of hydrogen-bond donors (Lipinski definition) is 1. The molecule has 0 aliphatic carbocycles. The zero-order valence-corrected chi connectivity index (χ0v) is 19.0. The van der Waals surface area contributed by atoms with Crippen LogP contribution in [0.3, 0.4) is 0 Å². The van der Waals surface area contributed by atoms with E-state index in [0.717, 1.165) is 28.9 Å². The van der Waals surface area contributed by atoms with E-state index in [1.807, 2.05) is 32.0 Å². The van der Waals surface area contributed by atoms with E-state index in [1.54, 1.807) is 60.8 Å². The van der Waals surface area contributed by atoms with Crippen molar-refractivity contribution >= 4 is 51.3 Å². The van der Waals surface area contributed by atoms with E-state index >= 15 is 0 Å². The molecule has 3 rings (SSSR count). The van der Waals surface area contributed by atoms with E-state index in [1.165, 1.54) is 3.71 Å². The second-order valence-electron chi connectivity index (χ2n) is 6.56. The Morgan fingerprint density at radius 1 is 1.03 bits per heavy atom. The summed E-state index contributed by atoms with van der Waals surface area (Å²) in [5.41, 5.74) is 3.35. The van der Waals surface area contributed by atoms with Crippen LogP contribution >= 0.6 is 23.7 Å². The number of aliphatic imine (C=N–C) groups is 1. The highest BCUT2D eigenvalue weighted by atomic mass is 35.5. The third-order valence-electron chi connectivity index (χ3n) is 4.22. The molecule has 0 saturated carbocycles. The van der Waals surface area contributed by atoms with E-state index in [4.69, 9.17) is 11.6 Å². The van der Waals surface area contributed by atoms with Crippen molar-refractivity contribution < 1.29 is 8.42 Å². The van der Waals surface area contributed by atoms with Crippen molar-refractivity contribution in [3.05, 3.63) is 88.9 Å². The number of hydrogen-bond acceptors (Lipinski definition) is 5. The summed E-state index contributed by atoms with van der Waals surface area (Å²) in [4.78, 5) is 4.65. The van der Waals surface area contributed by atoms with Crippen molar-refractivity contribution in [1.29, 1.82) is 0 Å². The molecule has 8 heteroatoms. The predicted octanol–water partition coefficient (Wildman–Crippen LogP) is 5.71. The van der Waals surface area contributed by atoms with Crippen LogP contribution in [-0.4, -0.2) is 21.2 Å². The van der Waals surface area contributed by atoms with Crippen molar-refractivity contribution in [2.24, 2.45) is 4.99 Å². The SMILES string of the molecule is Cc1ccc(S(=O)(=O)N(SNCC=Nc2ccc(Cl)cc2C)c2ccccc2)cc1. The smallest absolute Gasteiger partial charge is 0.260 e. The van der Waals surface area contributed by atoms with Gasteiger partial charge in [-0.2, -0.15) is 3.71 Å². The Hall–Kier alpha value is -2.32. The van der Waals surface area contributed by atoms with E-state index in [0.29, 0.717) is 17.3 Å². The van der Waals surface area contributed by atoms with Crippen molar-refractivity contribution in [2.45, 2.75) is 18.7 Å². The van der Waals surface area contributed by atoms with Gasteiger partial charge in [-0.25, -0.2) is 13.1 Å². The maximum atomic E-state index is 13.2. The number of halogens is 1. The topological polar surface area (TPSA) is 61.8 Å². The van der Waals surface area contributed by atoms with Crippen LogP contribution in [0.2, 0.25) is 5.02 Å². The zero-order chi connectivity index (χ0) is 21.6. The van der Waals surface area contributed by atoms with Crippen LogP contribution < -0.4 is 8.43 Å². The lowest BCUT2D eigenvalue weighted by atomic mass is 10.2. The molecule has 156 valence electrons. The third-order valence-corrected chi connectivity index (χ3v) is 7.45. The number of para-hydroxylation sites is 1. The van der Waals surface area contributed by atoms with Crippen LogP contribution in [0, 0.1) is 13.8 Å². The summed E-state index contributed by atoms with van der Waals surface area (Å²) in [6, 6.07) is 21.3. The highest BCUT2D eigenvalue weighted by molar-refractivity contribution is 8.13. The molecule has 0 unspecified atom stereocenters. The first-order chi connectivity index (χ1) is 14.4. The van der Waals surface area contributed by atoms with Crippen LogP contribution in [0.25, 0.3) is 0 Å². The molecule has 30 heavy (non-hydrogen) atoms. The summed E-state index contributed by atoms with van der Waals surface area (Å²) in [6.07, 6.45) is 1.70. The Bertz CT molecular complexity index is 1120. The number of nitrogens with one attached hydrogen (secondary N) is 1. The number of aryl methyl sites for hydroxylation is 2. The molecule has 0 aliphatic heterocycles. The minimum Gasteiger partial charge on any atom is -0.260 e. The van der Waals surface area contributed by atoms with E-state index < -0.39 is 10.0 Å². The lowest BCUT2D eigenvalue weighted by Crippen LogP contribution is -2.28. The molecule has 0 spiro atoms. The van der Waals surface area contributed by atoms with Gasteiger partial charge in [-0.05, 0) is 61.9 Å². The summed E-state index contributed by atoms with van der Waals surface area (Å²) in [5.74, 6) is 0. The second-order valence-corrected chi connectivity index (χ2v) is 9.85. The van der Waals surface area contributed by atoms with Gasteiger partial charge in [0, 0.05) is 17.8 Å². The van der Waals surface area contributed by atoms with Crippen LogP contribution in [0.4, 0.5) is 11.4 Å². The van der Waals surface area contributed by atoms with Gasteiger partial charge in [0.2, 0.25) is 0 Å². The number of nitrogens with zero attached hydrogens (tertiary/aromatic N) is 2. The Balaban J connectivity index is 1.74. The quantitative estimate of drug-likeness (QED) is 0.266. The minimum atomic E-state index is -3.75. The summed E-state index contributed by atoms with van der Waals surface area (Å²) >= 11 is 6.97. The van der Waals surface area contributed by atoms with Gasteiger partial charge in [0.1, 0.15) is 0 Å². The molecule has 0 radical (unpaired) electrons. The number of rotatable bonds is 8. The third kappa shape index (κ3) is 5.64. The van der Waals surface area contributed by atoms with Crippen LogP contribution in [0.15, 0.2) is 82.7 Å². The highest BCUT2D eigenvalue weighted by Crippen LogP contribution is 2.29. The number of anilines is 1. The standard InChI is InChI=1S/C22H22ClN3O2S2/c1-17-8-11-21(12-9-17)30(27,28)26(20-6-4-3-5-7-20)29-25-15-14-24-22-13-10-19(23)16-18(22)2/h3-14,16,25H,15H2,1-2H3. The normalized spacial score (nSPS) is 11.7. The van der Waals surface area contributed by atoms with Crippen molar-refractivity contribution in [3.63, 3.8) is 0 Å². The fourth-order valence-electron chi connectivity index (χ4n) is 2.64. The predicted molar refractivity (Wildman–Crippen MR) is 127 cm³/mol. The molecule has 0 aromatic heterocycles. The average Bonchev–Trinajstić information content (AvgIpc) is 2.73. The average molecular weight is 460 g/mol. The lowest BCUT2D eigenvalue weighted by molar-refractivity contribution is 0.598. The van der Waals surface area contributed by atoms with Crippen LogP contribution in [0.5, 0.6) is 0 Å². The van der Waals surface area contributed by atoms with Gasteiger partial charge in [0.05, 0.1) is 28.4 Å². The molecule has 0 bridgehead atoms. The monoisotopic (exact) mass is 459 g/mol. The Labute approximate surface area is 187 Å². The minimum absolute atomic E-state index is 0.233. The van der Waals surface area contributed by atoms with Gasteiger partial charge in [-0.3, -0.25) is 4.99 Å². The molecule has 0 amide bonds. The van der Waals surface area contributed by atoms with Gasteiger partial charge in [-0.1, -0.05) is 47.5 Å². The second kappa shape index (κ2) is 10.1. The molecular weight excluding hydrogens is 438 g/mol. The maximum absolute atomic E-state index is 13.2. The van der Waals surface area contributed by atoms with Gasteiger partial charge in [0.15, 0.2) is 0 Å². The fraction of sp³-hybridized carbons (Fsp3) is 0.136. The van der Waals surface area contributed by atoms with Gasteiger partial charge in [0.25, 0.3) is 10.0 Å². The van der Waals surface area contributed by atoms with E-state index in [-0.39, 0.29) is 4.90 Å². The van der Waals surface area contributed by atoms with Crippen molar-refractivity contribution in [2.75, 3.05) is 10.3 Å². The number of benzene rings is 3. The van der Waals surface area contributed by atoms with Gasteiger partial charge >= 0.3 is 0 Å². The highest BCUT2D eigenvalue weighted by Gasteiger charge is 2.25. The molecule has 1 N–H and O–H groups in total. The lowest BCUT2D eigenvalue weighted by Gasteiger charge is -2.22. The summed E-state index contributed by atoms with van der Waals surface area (Å²) in [6.45, 7) is 4.23. The first-order valence-corrected chi connectivity index (χ1v) is 11.8. The molecule has 0 saturated heterocycles. The van der Waals surface area contributed by atoms with Crippen LogP contribution in [0.1, 0.15) is 11.1 Å². The summed E-state index contributed by atoms with van der Waals surface area (Å²) in [7, 11) is -3.75. The first kappa shape index (κ1) is 22.4. The Morgan fingerprint density at radius 3 is 2.40 bits per heavy atom. The molecule has 0 atom stereocenters. The maximum Gasteiger partial charge on any atom is 0.274 e. The fourth-order valence-corrected chi connectivity index (χ4v) is 5.24. The number of sulfonamides is 1. The van der Waals surface area contributed by atoms with Crippen molar-refractivity contribution in [1.82, 2.24) is 4.72 Å². The summed E-state index contributed by atoms with van der Waals surface area (Å²) < 4.78 is 30.8. The van der Waals surface area contributed by atoms with Gasteiger partial charge in [-0.15, -0.1) is 0 Å². The summed E-state index contributed by atoms with van der Waals surface area (Å²) in [5, 5.41) is 0.667. The molecule has 0 heterocycles. The van der Waals surface area contributed by atoms with Crippen LogP contribution in [-0.2, 0) is 10.0 Å². The Morgan fingerprint density at radius 2 is 1.73 bits per heavy atom. The molecular formula is C22H22ClN3O2S2. The molecule has 0 aliphatic rings. The zero-order valence-electron chi connectivity index (χ0n) is 16.6. The molecule has 3 aromatic carbocycles. The van der Waals surface area contributed by atoms with Gasteiger partial charge < -0.3 is 0 Å².